The summed E-state index contributed by atoms with van der Waals surface area (Å²) in [5.74, 6) is 0. The van der Waals surface area contributed by atoms with Gasteiger partial charge in [0.15, 0.2) is 0 Å². The number of fused-ring (bicyclic) bond motifs is 1. The van der Waals surface area contributed by atoms with Gasteiger partial charge in [0.1, 0.15) is 0 Å². The van der Waals surface area contributed by atoms with Crippen LogP contribution >= 0.6 is 0 Å². The third kappa shape index (κ3) is 3.64. The molecule has 2 aliphatic rings. The minimum absolute atomic E-state index is 0.263. The molecule has 7 heteroatoms. The molecule has 3 rings (SSSR count). The van der Waals surface area contributed by atoms with Crippen molar-refractivity contribution in [2.45, 2.75) is 50.7 Å². The molecule has 0 spiro atoms. The number of rotatable bonds is 5. The summed E-state index contributed by atoms with van der Waals surface area (Å²) in [5, 5.41) is 4.43. The van der Waals surface area contributed by atoms with Crippen LogP contribution in [0.4, 0.5) is 0 Å². The largest absolute Gasteiger partial charge is 0.292 e. The highest BCUT2D eigenvalue weighted by atomic mass is 32.2. The molecule has 0 bridgehead atoms. The molecule has 1 aliphatic carbocycles. The Hall–Kier alpha value is -0.920. The van der Waals surface area contributed by atoms with E-state index in [9.17, 15) is 8.42 Å². The third-order valence-corrected chi connectivity index (χ3v) is 5.32. The Labute approximate surface area is 126 Å². The van der Waals surface area contributed by atoms with E-state index in [1.165, 1.54) is 37.6 Å². The summed E-state index contributed by atoms with van der Waals surface area (Å²) >= 11 is 0. The molecule has 118 valence electrons. The molecular weight excluding hydrogens is 288 g/mol. The van der Waals surface area contributed by atoms with E-state index in [4.69, 9.17) is 0 Å². The van der Waals surface area contributed by atoms with Gasteiger partial charge < -0.3 is 0 Å². The van der Waals surface area contributed by atoms with Gasteiger partial charge in [-0.15, -0.1) is 0 Å². The van der Waals surface area contributed by atoms with Gasteiger partial charge in [0, 0.05) is 31.9 Å². The molecule has 2 heterocycles. The average Bonchev–Trinajstić information content (AvgIpc) is 3.08. The van der Waals surface area contributed by atoms with Gasteiger partial charge in [-0.25, -0.2) is 13.1 Å². The molecule has 21 heavy (non-hydrogen) atoms. The fourth-order valence-electron chi connectivity index (χ4n) is 3.59. The number of hydrogen-bond acceptors (Lipinski definition) is 4. The summed E-state index contributed by atoms with van der Waals surface area (Å²) in [4.78, 5) is 2.56. The predicted molar refractivity (Wildman–Crippen MR) is 81.4 cm³/mol. The van der Waals surface area contributed by atoms with Gasteiger partial charge in [-0.05, 0) is 25.3 Å². The second-order valence-corrected chi connectivity index (χ2v) is 8.08. The second-order valence-electron chi connectivity index (χ2n) is 6.24. The van der Waals surface area contributed by atoms with Gasteiger partial charge in [0.25, 0.3) is 0 Å². The second kappa shape index (κ2) is 6.06. The van der Waals surface area contributed by atoms with Crippen molar-refractivity contribution in [2.24, 2.45) is 0 Å². The third-order valence-electron chi connectivity index (χ3n) is 4.59. The molecule has 0 aromatic carbocycles. The summed E-state index contributed by atoms with van der Waals surface area (Å²) in [5.41, 5.74) is 1.25. The highest BCUT2D eigenvalue weighted by molar-refractivity contribution is 7.88. The van der Waals surface area contributed by atoms with Crippen LogP contribution in [0.5, 0.6) is 0 Å². The zero-order valence-corrected chi connectivity index (χ0v) is 13.3. The molecule has 0 saturated heterocycles. The molecule has 1 N–H and O–H groups in total. The van der Waals surface area contributed by atoms with E-state index in [1.54, 1.807) is 0 Å². The lowest BCUT2D eigenvalue weighted by Gasteiger charge is -2.37. The maximum atomic E-state index is 11.2. The van der Waals surface area contributed by atoms with E-state index >= 15 is 0 Å². The Balaban J connectivity index is 1.67. The summed E-state index contributed by atoms with van der Waals surface area (Å²) in [6.45, 7) is 2.42. The number of nitrogens with one attached hydrogen (secondary N) is 1. The monoisotopic (exact) mass is 312 g/mol. The maximum Gasteiger partial charge on any atom is 0.208 e. The van der Waals surface area contributed by atoms with Crippen LogP contribution in [-0.4, -0.2) is 48.5 Å². The van der Waals surface area contributed by atoms with Crippen molar-refractivity contribution in [1.29, 1.82) is 0 Å². The van der Waals surface area contributed by atoms with Gasteiger partial charge >= 0.3 is 0 Å². The number of sulfonamides is 1. The minimum atomic E-state index is -3.11. The van der Waals surface area contributed by atoms with Gasteiger partial charge in [0.2, 0.25) is 10.0 Å². The topological polar surface area (TPSA) is 67.2 Å². The molecule has 1 aromatic heterocycles. The highest BCUT2D eigenvalue weighted by Crippen LogP contribution is 2.30. The van der Waals surface area contributed by atoms with Crippen molar-refractivity contribution >= 4 is 10.0 Å². The number of nitrogens with zero attached hydrogens (tertiary/aromatic N) is 3. The quantitative estimate of drug-likeness (QED) is 0.885. The van der Waals surface area contributed by atoms with E-state index < -0.39 is 10.0 Å². The first-order valence-electron chi connectivity index (χ1n) is 7.74. The van der Waals surface area contributed by atoms with E-state index in [1.807, 2.05) is 6.20 Å². The van der Waals surface area contributed by atoms with Crippen LogP contribution in [0.3, 0.4) is 0 Å². The Morgan fingerprint density at radius 3 is 2.86 bits per heavy atom. The van der Waals surface area contributed by atoms with Crippen LogP contribution in [0.2, 0.25) is 0 Å². The van der Waals surface area contributed by atoms with Crippen molar-refractivity contribution in [1.82, 2.24) is 19.4 Å². The van der Waals surface area contributed by atoms with Crippen LogP contribution in [0.15, 0.2) is 12.3 Å². The van der Waals surface area contributed by atoms with Gasteiger partial charge in [-0.1, -0.05) is 12.8 Å². The number of aromatic nitrogens is 2. The fourth-order valence-corrected chi connectivity index (χ4v) is 4.08. The molecular formula is C14H24N4O2S. The first-order valence-corrected chi connectivity index (χ1v) is 9.63. The minimum Gasteiger partial charge on any atom is -0.292 e. The number of hydrogen-bond donors (Lipinski definition) is 1. The Morgan fingerprint density at radius 2 is 2.14 bits per heavy atom. The van der Waals surface area contributed by atoms with Crippen LogP contribution in [0, 0.1) is 0 Å². The van der Waals surface area contributed by atoms with Crippen molar-refractivity contribution < 1.29 is 8.42 Å². The molecule has 1 atom stereocenters. The fraction of sp³-hybridized carbons (Fsp3) is 0.786. The molecule has 1 unspecified atom stereocenters. The molecule has 1 saturated carbocycles. The van der Waals surface area contributed by atoms with Crippen molar-refractivity contribution in [2.75, 3.05) is 19.3 Å². The van der Waals surface area contributed by atoms with Crippen LogP contribution in [0.1, 0.15) is 43.8 Å². The van der Waals surface area contributed by atoms with E-state index in [2.05, 4.69) is 25.5 Å². The van der Waals surface area contributed by atoms with Gasteiger partial charge in [-0.3, -0.25) is 9.58 Å². The lowest BCUT2D eigenvalue weighted by atomic mass is 10.1. The Bertz CT molecular complexity index is 578. The predicted octanol–water partition coefficient (Wildman–Crippen LogP) is 1.12. The zero-order chi connectivity index (χ0) is 14.9. The van der Waals surface area contributed by atoms with E-state index in [-0.39, 0.29) is 6.04 Å². The molecule has 0 radical (unpaired) electrons. The normalized spacial score (nSPS) is 24.3. The smallest absolute Gasteiger partial charge is 0.208 e. The average molecular weight is 312 g/mol. The first-order chi connectivity index (χ1) is 10.0. The molecule has 6 nitrogen and oxygen atoms in total. The lowest BCUT2D eigenvalue weighted by molar-refractivity contribution is 0.120. The van der Waals surface area contributed by atoms with Gasteiger partial charge in [0.05, 0.1) is 18.0 Å². The Kier molecular flexibility index (Phi) is 4.33. The Morgan fingerprint density at radius 1 is 1.38 bits per heavy atom. The summed E-state index contributed by atoms with van der Waals surface area (Å²) in [7, 11) is -3.11. The summed E-state index contributed by atoms with van der Waals surface area (Å²) in [6, 6.07) is 3.04. The maximum absolute atomic E-state index is 11.2. The molecule has 0 amide bonds. The zero-order valence-electron chi connectivity index (χ0n) is 12.5. The van der Waals surface area contributed by atoms with E-state index in [0.717, 1.165) is 19.5 Å². The van der Waals surface area contributed by atoms with Crippen LogP contribution in [-0.2, 0) is 16.6 Å². The van der Waals surface area contributed by atoms with E-state index in [0.29, 0.717) is 12.6 Å². The van der Waals surface area contributed by atoms with Crippen molar-refractivity contribution in [3.63, 3.8) is 0 Å². The van der Waals surface area contributed by atoms with Crippen LogP contribution < -0.4 is 4.72 Å². The van der Waals surface area contributed by atoms with Crippen molar-refractivity contribution in [3.8, 4) is 0 Å². The first kappa shape index (κ1) is 15.0. The van der Waals surface area contributed by atoms with Gasteiger partial charge in [-0.2, -0.15) is 5.10 Å². The van der Waals surface area contributed by atoms with Crippen molar-refractivity contribution in [3.05, 3.63) is 18.0 Å². The molecule has 1 aliphatic heterocycles. The lowest BCUT2D eigenvalue weighted by Crippen LogP contribution is -2.43. The summed E-state index contributed by atoms with van der Waals surface area (Å²) in [6.07, 6.45) is 9.10. The summed E-state index contributed by atoms with van der Waals surface area (Å²) < 4.78 is 27.1. The molecule has 1 fully saturated rings. The van der Waals surface area contributed by atoms with Crippen LogP contribution in [0.25, 0.3) is 0 Å². The SMILES string of the molecule is CS(=O)(=O)NCCC1CN(C2CCCC2)Cc2ccnn21. The standard InChI is InChI=1S/C14H24N4O2S/c1-21(19,20)16-9-7-14-11-17(12-4-2-3-5-12)10-13-6-8-15-18(13)14/h6,8,12,14,16H,2-5,7,9-11H2,1H3. The highest BCUT2D eigenvalue weighted by Gasteiger charge is 2.31. The molecule has 1 aromatic rings.